The van der Waals surface area contributed by atoms with Crippen molar-refractivity contribution in [3.63, 3.8) is 0 Å². The molecule has 2 aromatic heterocycles. The molecule has 0 amide bonds. The van der Waals surface area contributed by atoms with E-state index in [1.165, 1.54) is 26.4 Å². The van der Waals surface area contributed by atoms with Crippen LogP contribution in [0.1, 0.15) is 28.1 Å². The van der Waals surface area contributed by atoms with Crippen LogP contribution in [-0.2, 0) is 19.4 Å². The van der Waals surface area contributed by atoms with Crippen LogP contribution >= 0.6 is 11.3 Å². The van der Waals surface area contributed by atoms with Crippen LogP contribution in [0, 0.1) is 6.92 Å². The predicted octanol–water partition coefficient (Wildman–Crippen LogP) is 5.12. The summed E-state index contributed by atoms with van der Waals surface area (Å²) in [6.45, 7) is 3.06. The Morgan fingerprint density at radius 3 is 2.50 bits per heavy atom. The summed E-state index contributed by atoms with van der Waals surface area (Å²) in [5.74, 6) is 0. The fourth-order valence-electron chi connectivity index (χ4n) is 3.18. The Balaban J connectivity index is 1.32. The minimum Gasteiger partial charge on any atom is -0.241 e. The third-order valence-corrected chi connectivity index (χ3v) is 5.69. The van der Waals surface area contributed by atoms with E-state index in [1.54, 1.807) is 0 Å². The topological polar surface area (TPSA) is 16.8 Å². The van der Waals surface area contributed by atoms with Gasteiger partial charge >= 0.3 is 0 Å². The third kappa shape index (κ3) is 4.17. The molecular formula is C23H23N2S+. The molecule has 0 N–H and O–H groups in total. The summed E-state index contributed by atoms with van der Waals surface area (Å²) >= 11 is 1.84. The third-order valence-electron chi connectivity index (χ3n) is 4.61. The van der Waals surface area contributed by atoms with Crippen LogP contribution in [0.5, 0.6) is 0 Å². The van der Waals surface area contributed by atoms with Gasteiger partial charge in [-0.05, 0) is 49.4 Å². The normalized spacial score (nSPS) is 11.1. The van der Waals surface area contributed by atoms with Crippen molar-refractivity contribution in [1.82, 2.24) is 4.98 Å². The zero-order valence-electron chi connectivity index (χ0n) is 15.1. The summed E-state index contributed by atoms with van der Waals surface area (Å²) in [5, 5.41) is 1.25. The van der Waals surface area contributed by atoms with Crippen molar-refractivity contribution >= 4 is 21.6 Å². The molecule has 130 valence electrons. The van der Waals surface area contributed by atoms with E-state index in [-0.39, 0.29) is 0 Å². The highest BCUT2D eigenvalue weighted by atomic mass is 32.1. The summed E-state index contributed by atoms with van der Waals surface area (Å²) in [5.41, 5.74) is 5.17. The van der Waals surface area contributed by atoms with Crippen molar-refractivity contribution < 1.29 is 4.57 Å². The SMILES string of the molecule is Cc1ccc2nc(CCCc3cc[n+](Cc4ccccc4)cc3)sc2c1. The number of benzene rings is 2. The lowest BCUT2D eigenvalue weighted by atomic mass is 10.1. The van der Waals surface area contributed by atoms with Gasteiger partial charge in [0.1, 0.15) is 0 Å². The van der Waals surface area contributed by atoms with Gasteiger partial charge < -0.3 is 0 Å². The van der Waals surface area contributed by atoms with Gasteiger partial charge in [0.05, 0.1) is 15.2 Å². The average molecular weight is 360 g/mol. The summed E-state index contributed by atoms with van der Waals surface area (Å²) in [6.07, 6.45) is 7.66. The summed E-state index contributed by atoms with van der Waals surface area (Å²) in [6, 6.07) is 21.6. The van der Waals surface area contributed by atoms with E-state index in [9.17, 15) is 0 Å². The minimum absolute atomic E-state index is 0.923. The fraction of sp³-hybridized carbons (Fsp3) is 0.217. The van der Waals surface area contributed by atoms with Crippen LogP contribution in [0.15, 0.2) is 73.1 Å². The molecule has 0 radical (unpaired) electrons. The van der Waals surface area contributed by atoms with Crippen LogP contribution in [0.4, 0.5) is 0 Å². The molecule has 0 bridgehead atoms. The Bertz CT molecular complexity index is 988. The van der Waals surface area contributed by atoms with Crippen LogP contribution in [-0.4, -0.2) is 4.98 Å². The van der Waals surface area contributed by atoms with Gasteiger partial charge in [0.25, 0.3) is 0 Å². The lowest BCUT2D eigenvalue weighted by molar-refractivity contribution is -0.688. The number of aryl methyl sites for hydroxylation is 3. The van der Waals surface area contributed by atoms with Crippen LogP contribution in [0.3, 0.4) is 0 Å². The zero-order chi connectivity index (χ0) is 17.8. The average Bonchev–Trinajstić information content (AvgIpc) is 3.06. The first kappa shape index (κ1) is 16.9. The van der Waals surface area contributed by atoms with Crippen molar-refractivity contribution in [3.05, 3.63) is 94.8 Å². The Hall–Kier alpha value is -2.52. The van der Waals surface area contributed by atoms with Crippen molar-refractivity contribution in [3.8, 4) is 0 Å². The number of nitrogens with zero attached hydrogens (tertiary/aromatic N) is 2. The highest BCUT2D eigenvalue weighted by Gasteiger charge is 2.06. The number of pyridine rings is 1. The summed E-state index contributed by atoms with van der Waals surface area (Å²) in [7, 11) is 0. The zero-order valence-corrected chi connectivity index (χ0v) is 15.9. The second kappa shape index (κ2) is 7.79. The molecule has 0 unspecified atom stereocenters. The van der Waals surface area contributed by atoms with Gasteiger partial charge in [-0.3, -0.25) is 0 Å². The van der Waals surface area contributed by atoms with Crippen molar-refractivity contribution in [2.24, 2.45) is 0 Å². The van der Waals surface area contributed by atoms with E-state index in [2.05, 4.69) is 84.5 Å². The highest BCUT2D eigenvalue weighted by molar-refractivity contribution is 7.18. The number of rotatable bonds is 6. The smallest absolute Gasteiger partial charge is 0.173 e. The molecule has 4 rings (SSSR count). The Kier molecular flexibility index (Phi) is 5.07. The molecule has 3 heteroatoms. The molecule has 4 aromatic rings. The second-order valence-corrected chi connectivity index (χ2v) is 7.91. The molecule has 0 saturated heterocycles. The van der Waals surface area contributed by atoms with Gasteiger partial charge in [-0.25, -0.2) is 9.55 Å². The molecule has 2 nitrogen and oxygen atoms in total. The molecule has 0 aliphatic carbocycles. The van der Waals surface area contributed by atoms with Crippen molar-refractivity contribution in [2.75, 3.05) is 0 Å². The maximum Gasteiger partial charge on any atom is 0.173 e. The first-order chi connectivity index (χ1) is 12.8. The largest absolute Gasteiger partial charge is 0.241 e. The molecule has 2 aromatic carbocycles. The van der Waals surface area contributed by atoms with E-state index in [0.29, 0.717) is 0 Å². The highest BCUT2D eigenvalue weighted by Crippen LogP contribution is 2.24. The van der Waals surface area contributed by atoms with Gasteiger partial charge in [-0.15, -0.1) is 11.3 Å². The van der Waals surface area contributed by atoms with Crippen molar-refractivity contribution in [2.45, 2.75) is 32.7 Å². The number of hydrogen-bond donors (Lipinski definition) is 0. The van der Waals surface area contributed by atoms with Crippen molar-refractivity contribution in [1.29, 1.82) is 0 Å². The molecule has 0 aliphatic rings. The maximum atomic E-state index is 4.76. The lowest BCUT2D eigenvalue weighted by Gasteiger charge is -2.01. The van der Waals surface area contributed by atoms with Crippen LogP contribution in [0.25, 0.3) is 10.2 Å². The van der Waals surface area contributed by atoms with Gasteiger partial charge in [-0.1, -0.05) is 36.4 Å². The molecule has 0 aliphatic heterocycles. The van der Waals surface area contributed by atoms with E-state index >= 15 is 0 Å². The fourth-order valence-corrected chi connectivity index (χ4v) is 4.29. The maximum absolute atomic E-state index is 4.76. The first-order valence-corrected chi connectivity index (χ1v) is 9.96. The number of aromatic nitrogens is 2. The predicted molar refractivity (Wildman–Crippen MR) is 109 cm³/mol. The molecule has 0 spiro atoms. The van der Waals surface area contributed by atoms with Gasteiger partial charge in [0, 0.05) is 17.7 Å². The molecule has 0 fully saturated rings. The van der Waals surface area contributed by atoms with Gasteiger partial charge in [-0.2, -0.15) is 0 Å². The number of thiazole rings is 1. The minimum atomic E-state index is 0.923. The van der Waals surface area contributed by atoms with E-state index in [1.807, 2.05) is 11.3 Å². The Labute approximate surface area is 158 Å². The second-order valence-electron chi connectivity index (χ2n) is 6.80. The molecule has 26 heavy (non-hydrogen) atoms. The monoisotopic (exact) mass is 359 g/mol. The van der Waals surface area contributed by atoms with Crippen LogP contribution in [0.2, 0.25) is 0 Å². The molecule has 0 saturated carbocycles. The van der Waals surface area contributed by atoms with E-state index in [4.69, 9.17) is 4.98 Å². The van der Waals surface area contributed by atoms with E-state index < -0.39 is 0 Å². The quantitative estimate of drug-likeness (QED) is 0.437. The van der Waals surface area contributed by atoms with Crippen LogP contribution < -0.4 is 4.57 Å². The standard InChI is InChI=1S/C23H23N2S/c1-18-10-11-21-22(16-18)26-23(24-21)9-5-8-19-12-14-25(15-13-19)17-20-6-3-2-4-7-20/h2-4,6-7,10-16H,5,8-9,17H2,1H3/q+1. The van der Waals surface area contributed by atoms with E-state index in [0.717, 1.165) is 31.3 Å². The Morgan fingerprint density at radius 1 is 0.885 bits per heavy atom. The number of fused-ring (bicyclic) bond motifs is 1. The Morgan fingerprint density at radius 2 is 1.69 bits per heavy atom. The summed E-state index contributed by atoms with van der Waals surface area (Å²) in [4.78, 5) is 4.76. The lowest BCUT2D eigenvalue weighted by Crippen LogP contribution is -2.33. The number of hydrogen-bond acceptors (Lipinski definition) is 2. The summed E-state index contributed by atoms with van der Waals surface area (Å²) < 4.78 is 3.54. The molecule has 2 heterocycles. The first-order valence-electron chi connectivity index (χ1n) is 9.14. The van der Waals surface area contributed by atoms with Gasteiger partial charge in [0.2, 0.25) is 0 Å². The van der Waals surface area contributed by atoms with Gasteiger partial charge in [0.15, 0.2) is 18.9 Å². The molecule has 0 atom stereocenters. The molecular weight excluding hydrogens is 336 g/mol.